The maximum absolute atomic E-state index is 13.2. The number of nitrogens with one attached hydrogen (secondary N) is 1. The maximum Gasteiger partial charge on any atom is 0.123 e. The summed E-state index contributed by atoms with van der Waals surface area (Å²) >= 11 is 0. The Morgan fingerprint density at radius 1 is 1.29 bits per heavy atom. The van der Waals surface area contributed by atoms with Gasteiger partial charge in [0, 0.05) is 25.3 Å². The third-order valence-corrected chi connectivity index (χ3v) is 2.91. The predicted octanol–water partition coefficient (Wildman–Crippen LogP) is 3.17. The van der Waals surface area contributed by atoms with Crippen LogP contribution < -0.4 is 10.2 Å². The molecule has 2 nitrogen and oxygen atoms in total. The van der Waals surface area contributed by atoms with Crippen LogP contribution in [0.15, 0.2) is 18.2 Å². The highest BCUT2D eigenvalue weighted by molar-refractivity contribution is 5.53. The van der Waals surface area contributed by atoms with E-state index in [2.05, 4.69) is 24.1 Å². The highest BCUT2D eigenvalue weighted by Crippen LogP contribution is 2.22. The van der Waals surface area contributed by atoms with E-state index in [4.69, 9.17) is 0 Å². The van der Waals surface area contributed by atoms with Gasteiger partial charge in [0.25, 0.3) is 0 Å². The maximum atomic E-state index is 13.2. The van der Waals surface area contributed by atoms with Crippen molar-refractivity contribution in [1.29, 1.82) is 0 Å². The summed E-state index contributed by atoms with van der Waals surface area (Å²) in [6.07, 6.45) is 2.35. The van der Waals surface area contributed by atoms with Gasteiger partial charge < -0.3 is 10.2 Å². The van der Waals surface area contributed by atoms with Crippen LogP contribution in [0.1, 0.15) is 32.3 Å². The van der Waals surface area contributed by atoms with Crippen LogP contribution in [-0.2, 0) is 6.54 Å². The summed E-state index contributed by atoms with van der Waals surface area (Å²) in [4.78, 5) is 2.32. The normalized spacial score (nSPS) is 10.6. The third kappa shape index (κ3) is 4.00. The summed E-state index contributed by atoms with van der Waals surface area (Å²) in [5, 5.41) is 3.09. The molecule has 1 N–H and O–H groups in total. The molecule has 0 aromatic heterocycles. The number of benzene rings is 1. The predicted molar refractivity (Wildman–Crippen MR) is 72.0 cm³/mol. The Labute approximate surface area is 104 Å². The molecule has 0 heterocycles. The Morgan fingerprint density at radius 2 is 2.06 bits per heavy atom. The Hall–Kier alpha value is -1.09. The molecule has 0 radical (unpaired) electrons. The fourth-order valence-corrected chi connectivity index (χ4v) is 1.99. The van der Waals surface area contributed by atoms with Crippen molar-refractivity contribution >= 4 is 5.69 Å². The number of anilines is 1. The minimum absolute atomic E-state index is 0.162. The molecule has 3 heteroatoms. The van der Waals surface area contributed by atoms with Crippen LogP contribution in [0.4, 0.5) is 10.1 Å². The molecular weight excluding hydrogens is 215 g/mol. The van der Waals surface area contributed by atoms with Gasteiger partial charge in [-0.15, -0.1) is 0 Å². The number of nitrogens with zero attached hydrogens (tertiary/aromatic N) is 1. The van der Waals surface area contributed by atoms with E-state index in [1.807, 2.05) is 13.1 Å². The molecule has 0 spiro atoms. The second-order valence-electron chi connectivity index (χ2n) is 4.24. The molecule has 0 aliphatic carbocycles. The number of hydrogen-bond acceptors (Lipinski definition) is 2. The average Bonchev–Trinajstić information content (AvgIpc) is 2.32. The summed E-state index contributed by atoms with van der Waals surface area (Å²) in [5.74, 6) is -0.162. The lowest BCUT2D eigenvalue weighted by atomic mass is 10.1. The fraction of sp³-hybridized carbons (Fsp3) is 0.571. The molecule has 0 bridgehead atoms. The zero-order valence-corrected chi connectivity index (χ0v) is 11.1. The molecule has 0 amide bonds. The molecule has 0 atom stereocenters. The van der Waals surface area contributed by atoms with Crippen LogP contribution in [0.25, 0.3) is 0 Å². The molecule has 1 aromatic carbocycles. The van der Waals surface area contributed by atoms with Gasteiger partial charge in [0.05, 0.1) is 0 Å². The van der Waals surface area contributed by atoms with E-state index >= 15 is 0 Å². The van der Waals surface area contributed by atoms with Crippen molar-refractivity contribution in [2.75, 3.05) is 25.0 Å². The zero-order valence-electron chi connectivity index (χ0n) is 11.1. The van der Waals surface area contributed by atoms with Crippen molar-refractivity contribution in [3.63, 3.8) is 0 Å². The van der Waals surface area contributed by atoms with E-state index < -0.39 is 0 Å². The first-order chi connectivity index (χ1) is 8.22. The van der Waals surface area contributed by atoms with Crippen LogP contribution in [0.3, 0.4) is 0 Å². The summed E-state index contributed by atoms with van der Waals surface area (Å²) in [6.45, 7) is 7.03. The van der Waals surface area contributed by atoms with Crippen molar-refractivity contribution in [1.82, 2.24) is 5.32 Å². The van der Waals surface area contributed by atoms with Gasteiger partial charge in [-0.3, -0.25) is 0 Å². The smallest absolute Gasteiger partial charge is 0.123 e. The molecule has 1 rings (SSSR count). The Balaban J connectivity index is 2.91. The lowest BCUT2D eigenvalue weighted by Gasteiger charge is -2.25. The summed E-state index contributed by atoms with van der Waals surface area (Å²) in [5.41, 5.74) is 2.18. The van der Waals surface area contributed by atoms with Crippen LogP contribution in [0.2, 0.25) is 0 Å². The van der Waals surface area contributed by atoms with E-state index in [-0.39, 0.29) is 5.82 Å². The van der Waals surface area contributed by atoms with Gasteiger partial charge in [-0.25, -0.2) is 4.39 Å². The molecule has 0 saturated carbocycles. The summed E-state index contributed by atoms with van der Waals surface area (Å²) < 4.78 is 13.2. The molecule has 17 heavy (non-hydrogen) atoms. The van der Waals surface area contributed by atoms with Crippen molar-refractivity contribution in [3.8, 4) is 0 Å². The highest BCUT2D eigenvalue weighted by Gasteiger charge is 2.09. The Morgan fingerprint density at radius 3 is 2.65 bits per heavy atom. The second-order valence-corrected chi connectivity index (χ2v) is 4.24. The van der Waals surface area contributed by atoms with Gasteiger partial charge in [0.2, 0.25) is 0 Å². The van der Waals surface area contributed by atoms with Gasteiger partial charge in [0.1, 0.15) is 5.82 Å². The lowest BCUT2D eigenvalue weighted by molar-refractivity contribution is 0.622. The average molecular weight is 238 g/mol. The first kappa shape index (κ1) is 14.0. The largest absolute Gasteiger partial charge is 0.372 e. The third-order valence-electron chi connectivity index (χ3n) is 2.91. The van der Waals surface area contributed by atoms with Gasteiger partial charge >= 0.3 is 0 Å². The van der Waals surface area contributed by atoms with Crippen LogP contribution in [0.5, 0.6) is 0 Å². The molecule has 0 aliphatic rings. The van der Waals surface area contributed by atoms with Crippen molar-refractivity contribution < 1.29 is 4.39 Å². The molecule has 0 fully saturated rings. The molecule has 1 aromatic rings. The molecule has 0 unspecified atom stereocenters. The topological polar surface area (TPSA) is 15.3 Å². The molecule has 96 valence electrons. The van der Waals surface area contributed by atoms with Crippen LogP contribution >= 0.6 is 0 Å². The van der Waals surface area contributed by atoms with E-state index in [1.165, 1.54) is 12.8 Å². The minimum atomic E-state index is -0.162. The quantitative estimate of drug-likeness (QED) is 0.785. The first-order valence-electron chi connectivity index (χ1n) is 6.40. The monoisotopic (exact) mass is 238 g/mol. The zero-order chi connectivity index (χ0) is 12.7. The van der Waals surface area contributed by atoms with E-state index in [0.29, 0.717) is 6.54 Å². The number of unbranched alkanes of at least 4 members (excludes halogenated alkanes) is 1. The van der Waals surface area contributed by atoms with Crippen molar-refractivity contribution in [2.45, 2.75) is 33.2 Å². The minimum Gasteiger partial charge on any atom is -0.372 e. The number of rotatable bonds is 7. The molecule has 0 saturated heterocycles. The van der Waals surface area contributed by atoms with Crippen LogP contribution in [0, 0.1) is 5.82 Å². The van der Waals surface area contributed by atoms with Crippen LogP contribution in [-0.4, -0.2) is 20.1 Å². The fourth-order valence-electron chi connectivity index (χ4n) is 1.99. The Bertz CT molecular complexity index is 339. The van der Waals surface area contributed by atoms with Crippen molar-refractivity contribution in [2.24, 2.45) is 0 Å². The van der Waals surface area contributed by atoms with Gasteiger partial charge in [0.15, 0.2) is 0 Å². The lowest BCUT2D eigenvalue weighted by Crippen LogP contribution is -2.25. The van der Waals surface area contributed by atoms with Crippen molar-refractivity contribution in [3.05, 3.63) is 29.6 Å². The SMILES string of the molecule is CCCCN(CC)c1ccc(F)cc1CNC. The highest BCUT2D eigenvalue weighted by atomic mass is 19.1. The molecular formula is C14H23FN2. The van der Waals surface area contributed by atoms with Gasteiger partial charge in [-0.2, -0.15) is 0 Å². The van der Waals surface area contributed by atoms with Gasteiger partial charge in [-0.1, -0.05) is 13.3 Å². The van der Waals surface area contributed by atoms with Gasteiger partial charge in [-0.05, 0) is 44.2 Å². The number of hydrogen-bond donors (Lipinski definition) is 1. The second kappa shape index (κ2) is 7.28. The standard InChI is InChI=1S/C14H23FN2/c1-4-6-9-17(5-2)14-8-7-13(15)10-12(14)11-16-3/h7-8,10,16H,4-6,9,11H2,1-3H3. The van der Waals surface area contributed by atoms with E-state index in [1.54, 1.807) is 12.1 Å². The Kier molecular flexibility index (Phi) is 5.98. The summed E-state index contributed by atoms with van der Waals surface area (Å²) in [7, 11) is 1.89. The first-order valence-corrected chi connectivity index (χ1v) is 6.40. The summed E-state index contributed by atoms with van der Waals surface area (Å²) in [6, 6.07) is 5.06. The van der Waals surface area contributed by atoms with E-state index in [0.717, 1.165) is 24.3 Å². The van der Waals surface area contributed by atoms with E-state index in [9.17, 15) is 4.39 Å². The number of halogens is 1. The molecule has 0 aliphatic heterocycles.